The molecule has 3 aromatic carbocycles. The second-order valence-electron chi connectivity index (χ2n) is 5.41. The first-order valence-electron chi connectivity index (χ1n) is 7.37. The highest BCUT2D eigenvalue weighted by Gasteiger charge is 2.41. The summed E-state index contributed by atoms with van der Waals surface area (Å²) in [4.78, 5) is 0. The summed E-state index contributed by atoms with van der Waals surface area (Å²) < 4.78 is 0. The fourth-order valence-electron chi connectivity index (χ4n) is 3.04. The summed E-state index contributed by atoms with van der Waals surface area (Å²) in [6, 6.07) is 28.7. The van der Waals surface area contributed by atoms with Crippen molar-refractivity contribution in [3.05, 3.63) is 90.5 Å². The highest BCUT2D eigenvalue weighted by molar-refractivity contribution is 7.16. The van der Waals surface area contributed by atoms with E-state index in [0.29, 0.717) is 0 Å². The van der Waals surface area contributed by atoms with E-state index in [2.05, 4.69) is 49.0 Å². The average molecular weight is 299 g/mol. The first-order chi connectivity index (χ1) is 10.8. The number of nitriles is 1. The van der Waals surface area contributed by atoms with Gasteiger partial charge < -0.3 is 0 Å². The Morgan fingerprint density at radius 1 is 0.682 bits per heavy atom. The summed E-state index contributed by atoms with van der Waals surface area (Å²) >= 11 is 0. The van der Waals surface area contributed by atoms with Crippen LogP contribution in [0.15, 0.2) is 84.9 Å². The van der Waals surface area contributed by atoms with Crippen LogP contribution in [0.3, 0.4) is 0 Å². The lowest BCUT2D eigenvalue weighted by Gasteiger charge is -2.27. The maximum absolute atomic E-state index is 10.3. The van der Waals surface area contributed by atoms with Crippen LogP contribution in [0.25, 0.3) is 0 Å². The molecule has 0 saturated heterocycles. The number of nitrogens with zero attached hydrogens (tertiary/aromatic N) is 1. The molecular formula is C20H17NSi. The molecule has 0 fully saturated rings. The first kappa shape index (κ1) is 14.3. The molecule has 0 unspecified atom stereocenters. The van der Waals surface area contributed by atoms with Crippen molar-refractivity contribution in [2.75, 3.05) is 0 Å². The molecule has 3 rings (SSSR count). The number of hydrogen-bond acceptors (Lipinski definition) is 1. The lowest BCUT2D eigenvalue weighted by molar-refractivity contribution is 1.49. The first-order valence-corrected chi connectivity index (χ1v) is 9.37. The largest absolute Gasteiger partial charge is 0.265 e. The SMILES string of the molecule is Cc1ccccc1[Si](C#N)(c1ccccc1)c1ccccc1. The molecule has 22 heavy (non-hydrogen) atoms. The molecular weight excluding hydrogens is 282 g/mol. The average Bonchev–Trinajstić information content (AvgIpc) is 2.59. The number of benzene rings is 3. The topological polar surface area (TPSA) is 23.8 Å². The molecule has 0 amide bonds. The van der Waals surface area contributed by atoms with Gasteiger partial charge in [-0.2, -0.15) is 0 Å². The van der Waals surface area contributed by atoms with Gasteiger partial charge in [0.1, 0.15) is 0 Å². The zero-order valence-electron chi connectivity index (χ0n) is 12.5. The van der Waals surface area contributed by atoms with Gasteiger partial charge in [0.15, 0.2) is 0 Å². The number of rotatable bonds is 3. The Hall–Kier alpha value is -2.63. The molecule has 0 aliphatic heterocycles. The van der Waals surface area contributed by atoms with Crippen molar-refractivity contribution in [3.8, 4) is 5.69 Å². The van der Waals surface area contributed by atoms with Crippen LogP contribution in [0.5, 0.6) is 0 Å². The minimum absolute atomic E-state index is 1.14. The summed E-state index contributed by atoms with van der Waals surface area (Å²) in [5.41, 5.74) is 3.93. The van der Waals surface area contributed by atoms with Crippen LogP contribution in [0, 0.1) is 17.9 Å². The van der Waals surface area contributed by atoms with Crippen molar-refractivity contribution in [2.24, 2.45) is 0 Å². The van der Waals surface area contributed by atoms with E-state index in [9.17, 15) is 5.26 Å². The van der Waals surface area contributed by atoms with E-state index in [-0.39, 0.29) is 0 Å². The number of aryl methyl sites for hydroxylation is 1. The van der Waals surface area contributed by atoms with Gasteiger partial charge in [0, 0.05) is 5.69 Å². The van der Waals surface area contributed by atoms with Crippen molar-refractivity contribution < 1.29 is 0 Å². The molecule has 2 heteroatoms. The van der Waals surface area contributed by atoms with Gasteiger partial charge in [0.05, 0.1) is 0 Å². The highest BCUT2D eigenvalue weighted by atomic mass is 28.3. The lowest BCUT2D eigenvalue weighted by atomic mass is 10.2. The van der Waals surface area contributed by atoms with Gasteiger partial charge in [-0.1, -0.05) is 90.5 Å². The van der Waals surface area contributed by atoms with Gasteiger partial charge in [-0.25, -0.2) is 5.26 Å². The quantitative estimate of drug-likeness (QED) is 0.538. The monoisotopic (exact) mass is 299 g/mol. The Kier molecular flexibility index (Phi) is 3.91. The van der Waals surface area contributed by atoms with Crippen LogP contribution in [0.2, 0.25) is 0 Å². The van der Waals surface area contributed by atoms with Crippen LogP contribution in [-0.2, 0) is 0 Å². The third kappa shape index (κ3) is 2.26. The Morgan fingerprint density at radius 2 is 1.14 bits per heavy atom. The number of hydrogen-bond donors (Lipinski definition) is 0. The van der Waals surface area contributed by atoms with Crippen LogP contribution in [0.1, 0.15) is 5.56 Å². The molecule has 0 saturated carbocycles. The third-order valence-electron chi connectivity index (χ3n) is 4.13. The van der Waals surface area contributed by atoms with E-state index in [1.165, 1.54) is 10.8 Å². The van der Waals surface area contributed by atoms with E-state index in [1.807, 2.05) is 48.5 Å². The summed E-state index contributed by atoms with van der Waals surface area (Å²) in [5, 5.41) is 13.7. The molecule has 0 bridgehead atoms. The molecule has 0 aliphatic carbocycles. The van der Waals surface area contributed by atoms with E-state index in [4.69, 9.17) is 0 Å². The summed E-state index contributed by atoms with van der Waals surface area (Å²) in [7, 11) is -2.64. The van der Waals surface area contributed by atoms with Crippen molar-refractivity contribution in [3.63, 3.8) is 0 Å². The fraction of sp³-hybridized carbons (Fsp3) is 0.0500. The minimum Gasteiger partial charge on any atom is -0.205 e. The zero-order chi connectivity index (χ0) is 15.4. The maximum Gasteiger partial charge on any atom is 0.265 e. The lowest BCUT2D eigenvalue weighted by Crippen LogP contribution is -2.67. The van der Waals surface area contributed by atoms with Crippen molar-refractivity contribution >= 4 is 23.6 Å². The molecule has 1 nitrogen and oxygen atoms in total. The minimum atomic E-state index is -2.64. The van der Waals surface area contributed by atoms with Crippen LogP contribution in [0.4, 0.5) is 0 Å². The van der Waals surface area contributed by atoms with Crippen LogP contribution in [-0.4, -0.2) is 8.07 Å². The fourth-order valence-corrected chi connectivity index (χ4v) is 6.78. The van der Waals surface area contributed by atoms with Crippen LogP contribution >= 0.6 is 0 Å². The van der Waals surface area contributed by atoms with Gasteiger partial charge in [-0.15, -0.1) is 0 Å². The van der Waals surface area contributed by atoms with Gasteiger partial charge >= 0.3 is 0 Å². The summed E-state index contributed by atoms with van der Waals surface area (Å²) in [6.07, 6.45) is 0. The zero-order valence-corrected chi connectivity index (χ0v) is 13.5. The van der Waals surface area contributed by atoms with E-state index >= 15 is 0 Å². The maximum atomic E-state index is 10.3. The van der Waals surface area contributed by atoms with Crippen molar-refractivity contribution in [1.29, 1.82) is 5.26 Å². The molecule has 0 radical (unpaired) electrons. The molecule has 0 spiro atoms. The second kappa shape index (κ2) is 6.01. The second-order valence-corrected chi connectivity index (χ2v) is 8.83. The summed E-state index contributed by atoms with van der Waals surface area (Å²) in [5.74, 6) is 0. The third-order valence-corrected chi connectivity index (χ3v) is 8.23. The predicted molar refractivity (Wildman–Crippen MR) is 94.3 cm³/mol. The molecule has 0 heterocycles. The molecule has 3 aromatic rings. The van der Waals surface area contributed by atoms with E-state index in [1.54, 1.807) is 0 Å². The van der Waals surface area contributed by atoms with Gasteiger partial charge in [0.25, 0.3) is 8.07 Å². The smallest absolute Gasteiger partial charge is 0.205 e. The Morgan fingerprint density at radius 3 is 1.59 bits per heavy atom. The van der Waals surface area contributed by atoms with E-state index < -0.39 is 8.07 Å². The van der Waals surface area contributed by atoms with Gasteiger partial charge in [-0.3, -0.25) is 0 Å². The molecule has 0 aromatic heterocycles. The highest BCUT2D eigenvalue weighted by Crippen LogP contribution is 2.09. The molecule has 0 aliphatic rings. The Balaban J connectivity index is 2.37. The van der Waals surface area contributed by atoms with Crippen LogP contribution < -0.4 is 15.6 Å². The Bertz CT molecular complexity index is 764. The molecule has 0 N–H and O–H groups in total. The van der Waals surface area contributed by atoms with Gasteiger partial charge in [0.2, 0.25) is 0 Å². The normalized spacial score (nSPS) is 10.9. The van der Waals surface area contributed by atoms with Crippen molar-refractivity contribution in [2.45, 2.75) is 6.92 Å². The molecule has 106 valence electrons. The van der Waals surface area contributed by atoms with Crippen molar-refractivity contribution in [1.82, 2.24) is 0 Å². The van der Waals surface area contributed by atoms with E-state index in [0.717, 1.165) is 10.4 Å². The Labute approximate surface area is 132 Å². The predicted octanol–water partition coefficient (Wildman–Crippen LogP) is 2.53. The standard InChI is InChI=1S/C20H17NSi/c1-17-10-8-9-15-20(17)22(16-21,18-11-4-2-5-12-18)19-13-6-3-7-14-19/h2-15H,1H3. The molecule has 0 atom stereocenters. The summed E-state index contributed by atoms with van der Waals surface area (Å²) in [6.45, 7) is 2.10. The van der Waals surface area contributed by atoms with Gasteiger partial charge in [-0.05, 0) is 22.5 Å².